The topological polar surface area (TPSA) is 72.6 Å². The summed E-state index contributed by atoms with van der Waals surface area (Å²) in [5.74, 6) is 0.521. The third-order valence-corrected chi connectivity index (χ3v) is 5.61. The van der Waals surface area contributed by atoms with Crippen molar-refractivity contribution in [3.63, 3.8) is 0 Å². The van der Waals surface area contributed by atoms with E-state index in [1.54, 1.807) is 0 Å². The minimum absolute atomic E-state index is 0.115. The lowest BCUT2D eigenvalue weighted by Gasteiger charge is -2.72. The van der Waals surface area contributed by atoms with Gasteiger partial charge in [-0.25, -0.2) is 4.79 Å². The third kappa shape index (κ3) is 2.30. The molecule has 1 heterocycles. The Morgan fingerprint density at radius 2 is 1.67 bits per heavy atom. The predicted molar refractivity (Wildman–Crippen MR) is 78.4 cm³/mol. The molecular formula is C16H26N2O3. The summed E-state index contributed by atoms with van der Waals surface area (Å²) < 4.78 is 5.42. The van der Waals surface area contributed by atoms with E-state index in [4.69, 9.17) is 10.5 Å². The van der Waals surface area contributed by atoms with Gasteiger partial charge in [-0.3, -0.25) is 4.79 Å². The van der Waals surface area contributed by atoms with Crippen molar-refractivity contribution >= 4 is 12.0 Å². The number of amides is 2. The Morgan fingerprint density at radius 3 is 2.10 bits per heavy atom. The molecule has 0 aromatic carbocycles. The first-order valence-corrected chi connectivity index (χ1v) is 7.94. The lowest BCUT2D eigenvalue weighted by Crippen LogP contribution is -2.70. The smallest absolute Gasteiger partial charge is 0.410 e. The SMILES string of the molecule is CC(C)(C)OC(=O)N1CCC(C23CC(C(N)=O)(C2)C3)CC1. The molecule has 0 spiro atoms. The molecule has 0 radical (unpaired) electrons. The molecule has 4 fully saturated rings. The molecule has 0 aromatic heterocycles. The Kier molecular flexibility index (Phi) is 3.05. The van der Waals surface area contributed by atoms with E-state index in [1.807, 2.05) is 25.7 Å². The van der Waals surface area contributed by atoms with E-state index in [9.17, 15) is 9.59 Å². The quantitative estimate of drug-likeness (QED) is 0.849. The first-order chi connectivity index (χ1) is 9.66. The van der Waals surface area contributed by atoms with E-state index in [0.717, 1.165) is 45.2 Å². The molecule has 21 heavy (non-hydrogen) atoms. The maximum Gasteiger partial charge on any atom is 0.410 e. The average Bonchev–Trinajstić information content (AvgIpc) is 2.23. The van der Waals surface area contributed by atoms with Crippen LogP contribution in [0.5, 0.6) is 0 Å². The number of nitrogens with zero attached hydrogens (tertiary/aromatic N) is 1. The van der Waals surface area contributed by atoms with Crippen LogP contribution in [0.3, 0.4) is 0 Å². The fourth-order valence-electron chi connectivity index (χ4n) is 4.56. The van der Waals surface area contributed by atoms with Crippen molar-refractivity contribution in [1.29, 1.82) is 0 Å². The number of carbonyl (C=O) groups is 2. The Labute approximate surface area is 126 Å². The first-order valence-electron chi connectivity index (χ1n) is 7.94. The number of ether oxygens (including phenoxy) is 1. The van der Waals surface area contributed by atoms with Crippen LogP contribution >= 0.6 is 0 Å². The summed E-state index contributed by atoms with van der Waals surface area (Å²) in [6, 6.07) is 0. The van der Waals surface area contributed by atoms with Crippen LogP contribution in [0.25, 0.3) is 0 Å². The zero-order valence-corrected chi connectivity index (χ0v) is 13.3. The molecule has 4 rings (SSSR count). The van der Waals surface area contributed by atoms with E-state index < -0.39 is 5.60 Å². The Morgan fingerprint density at radius 1 is 1.14 bits per heavy atom. The molecule has 0 unspecified atom stereocenters. The summed E-state index contributed by atoms with van der Waals surface area (Å²) in [6.45, 7) is 7.21. The molecule has 2 bridgehead atoms. The van der Waals surface area contributed by atoms with Crippen LogP contribution in [-0.2, 0) is 9.53 Å². The molecule has 3 saturated carbocycles. The van der Waals surface area contributed by atoms with Crippen molar-refractivity contribution in [1.82, 2.24) is 4.90 Å². The number of rotatable bonds is 2. The van der Waals surface area contributed by atoms with E-state index in [-0.39, 0.29) is 17.4 Å². The van der Waals surface area contributed by atoms with Gasteiger partial charge in [0.25, 0.3) is 0 Å². The van der Waals surface area contributed by atoms with Crippen molar-refractivity contribution in [2.45, 2.75) is 58.5 Å². The minimum Gasteiger partial charge on any atom is -0.444 e. The molecule has 118 valence electrons. The van der Waals surface area contributed by atoms with Crippen molar-refractivity contribution in [3.8, 4) is 0 Å². The fraction of sp³-hybridized carbons (Fsp3) is 0.875. The molecule has 2 amide bonds. The molecule has 1 saturated heterocycles. The molecule has 1 aliphatic heterocycles. The highest BCUT2D eigenvalue weighted by atomic mass is 16.6. The second kappa shape index (κ2) is 4.37. The monoisotopic (exact) mass is 294 g/mol. The third-order valence-electron chi connectivity index (χ3n) is 5.61. The molecular weight excluding hydrogens is 268 g/mol. The highest BCUT2D eigenvalue weighted by Crippen LogP contribution is 2.77. The molecule has 5 heteroatoms. The first kappa shape index (κ1) is 14.7. The largest absolute Gasteiger partial charge is 0.444 e. The second-order valence-corrected chi connectivity index (χ2v) is 8.28. The summed E-state index contributed by atoms with van der Waals surface area (Å²) in [5, 5.41) is 0. The van der Waals surface area contributed by atoms with Gasteiger partial charge in [-0.05, 0) is 64.2 Å². The van der Waals surface area contributed by atoms with Crippen LogP contribution in [0.1, 0.15) is 52.9 Å². The van der Waals surface area contributed by atoms with Crippen LogP contribution in [-0.4, -0.2) is 35.6 Å². The van der Waals surface area contributed by atoms with Crippen LogP contribution in [0.4, 0.5) is 4.79 Å². The maximum atomic E-state index is 12.0. The lowest BCUT2D eigenvalue weighted by molar-refractivity contribution is -0.232. The number of likely N-dealkylation sites (tertiary alicyclic amines) is 1. The van der Waals surface area contributed by atoms with Gasteiger partial charge in [0, 0.05) is 13.1 Å². The van der Waals surface area contributed by atoms with Gasteiger partial charge in [0.05, 0.1) is 5.41 Å². The summed E-state index contributed by atoms with van der Waals surface area (Å²) in [6.07, 6.45) is 4.78. The van der Waals surface area contributed by atoms with E-state index in [0.29, 0.717) is 11.3 Å². The van der Waals surface area contributed by atoms with E-state index in [2.05, 4.69) is 0 Å². The van der Waals surface area contributed by atoms with Gasteiger partial charge in [-0.1, -0.05) is 0 Å². The van der Waals surface area contributed by atoms with Gasteiger partial charge in [-0.15, -0.1) is 0 Å². The van der Waals surface area contributed by atoms with Crippen molar-refractivity contribution in [2.75, 3.05) is 13.1 Å². The van der Waals surface area contributed by atoms with Gasteiger partial charge < -0.3 is 15.4 Å². The number of primary amides is 1. The zero-order chi connectivity index (χ0) is 15.5. The van der Waals surface area contributed by atoms with Gasteiger partial charge in [-0.2, -0.15) is 0 Å². The Hall–Kier alpha value is -1.26. The zero-order valence-electron chi connectivity index (χ0n) is 13.3. The summed E-state index contributed by atoms with van der Waals surface area (Å²) in [4.78, 5) is 25.3. The molecule has 3 aliphatic carbocycles. The molecule has 0 atom stereocenters. The normalized spacial score (nSPS) is 35.7. The molecule has 2 N–H and O–H groups in total. The van der Waals surface area contributed by atoms with Crippen LogP contribution < -0.4 is 5.73 Å². The fourth-order valence-corrected chi connectivity index (χ4v) is 4.56. The second-order valence-electron chi connectivity index (χ2n) is 8.28. The van der Waals surface area contributed by atoms with Gasteiger partial charge >= 0.3 is 6.09 Å². The number of hydrogen-bond donors (Lipinski definition) is 1. The highest BCUT2D eigenvalue weighted by Gasteiger charge is 2.72. The van der Waals surface area contributed by atoms with Crippen molar-refractivity contribution < 1.29 is 14.3 Å². The summed E-state index contributed by atoms with van der Waals surface area (Å²) in [5.41, 5.74) is 5.23. The molecule has 0 aromatic rings. The van der Waals surface area contributed by atoms with Crippen LogP contribution in [0.15, 0.2) is 0 Å². The number of carbonyl (C=O) groups excluding carboxylic acids is 2. The van der Waals surface area contributed by atoms with Gasteiger partial charge in [0.2, 0.25) is 5.91 Å². The maximum absolute atomic E-state index is 12.0. The summed E-state index contributed by atoms with van der Waals surface area (Å²) >= 11 is 0. The molecule has 5 nitrogen and oxygen atoms in total. The van der Waals surface area contributed by atoms with Gasteiger partial charge in [0.1, 0.15) is 5.60 Å². The standard InChI is InChI=1S/C16H26N2O3/c1-14(2,3)21-13(20)18-6-4-11(5-7-18)15-8-16(9-15,10-15)12(17)19/h11H,4-10H2,1-3H3,(H2,17,19). The van der Waals surface area contributed by atoms with E-state index in [1.165, 1.54) is 0 Å². The Bertz CT molecular complexity index is 453. The number of hydrogen-bond acceptors (Lipinski definition) is 3. The minimum atomic E-state index is -0.435. The lowest BCUT2D eigenvalue weighted by atomic mass is 9.31. The van der Waals surface area contributed by atoms with Crippen molar-refractivity contribution in [2.24, 2.45) is 22.5 Å². The van der Waals surface area contributed by atoms with Gasteiger partial charge in [0.15, 0.2) is 0 Å². The Balaban J connectivity index is 1.49. The number of piperidine rings is 1. The summed E-state index contributed by atoms with van der Waals surface area (Å²) in [7, 11) is 0. The number of nitrogens with two attached hydrogens (primary N) is 1. The van der Waals surface area contributed by atoms with Crippen LogP contribution in [0.2, 0.25) is 0 Å². The van der Waals surface area contributed by atoms with Crippen molar-refractivity contribution in [3.05, 3.63) is 0 Å². The van der Waals surface area contributed by atoms with E-state index >= 15 is 0 Å². The average molecular weight is 294 g/mol. The predicted octanol–water partition coefficient (Wildman–Crippen LogP) is 2.29. The molecule has 4 aliphatic rings. The van der Waals surface area contributed by atoms with Crippen LogP contribution in [0, 0.1) is 16.7 Å². The highest BCUT2D eigenvalue weighted by molar-refractivity contribution is 5.84.